The molecule has 0 aliphatic heterocycles. The molecule has 0 aliphatic carbocycles. The number of rotatable bonds is 7. The van der Waals surface area contributed by atoms with Gasteiger partial charge in [-0.3, -0.25) is 9.97 Å². The van der Waals surface area contributed by atoms with Crippen molar-refractivity contribution >= 4 is 0 Å². The molecule has 4 heteroatoms. The number of hydrogen-bond donors (Lipinski definition) is 2. The molecule has 1 aromatic carbocycles. The van der Waals surface area contributed by atoms with Crippen LogP contribution in [-0.2, 0) is 0 Å². The zero-order chi connectivity index (χ0) is 14.2. The molecule has 20 heavy (non-hydrogen) atoms. The van der Waals surface area contributed by atoms with Gasteiger partial charge in [0.1, 0.15) is 0 Å². The molecule has 0 bridgehead atoms. The molecule has 0 amide bonds. The summed E-state index contributed by atoms with van der Waals surface area (Å²) in [4.78, 5) is 8.44. The van der Waals surface area contributed by atoms with E-state index < -0.39 is 0 Å². The van der Waals surface area contributed by atoms with Crippen molar-refractivity contribution in [3.8, 4) is 0 Å². The summed E-state index contributed by atoms with van der Waals surface area (Å²) in [7, 11) is 0. The predicted molar refractivity (Wildman–Crippen MR) is 79.1 cm³/mol. The third-order valence-corrected chi connectivity index (χ3v) is 3.33. The Balaban J connectivity index is 2.08. The molecule has 2 atom stereocenters. The zero-order valence-electron chi connectivity index (χ0n) is 11.7. The van der Waals surface area contributed by atoms with Crippen molar-refractivity contribution in [3.63, 3.8) is 0 Å². The second-order valence-corrected chi connectivity index (χ2v) is 4.85. The first kappa shape index (κ1) is 14.6. The fraction of sp³-hybridized carbons (Fsp3) is 0.375. The molecular weight excluding hydrogens is 250 g/mol. The highest BCUT2D eigenvalue weighted by Crippen LogP contribution is 2.22. The smallest absolute Gasteiger partial charge is 0.0753 e. The van der Waals surface area contributed by atoms with Crippen molar-refractivity contribution < 1.29 is 5.11 Å². The van der Waals surface area contributed by atoms with Crippen molar-refractivity contribution in [3.05, 3.63) is 60.2 Å². The lowest BCUT2D eigenvalue weighted by atomic mass is 10.0. The summed E-state index contributed by atoms with van der Waals surface area (Å²) in [6.45, 7) is 2.30. The second kappa shape index (κ2) is 7.72. The van der Waals surface area contributed by atoms with Crippen molar-refractivity contribution in [1.82, 2.24) is 15.3 Å². The van der Waals surface area contributed by atoms with Gasteiger partial charge < -0.3 is 10.4 Å². The van der Waals surface area contributed by atoms with E-state index in [2.05, 4.69) is 34.3 Å². The molecule has 0 fully saturated rings. The van der Waals surface area contributed by atoms with Gasteiger partial charge >= 0.3 is 0 Å². The number of aliphatic hydroxyl groups is 1. The molecule has 4 nitrogen and oxygen atoms in total. The Morgan fingerprint density at radius 3 is 2.65 bits per heavy atom. The van der Waals surface area contributed by atoms with Gasteiger partial charge in [0.25, 0.3) is 0 Å². The molecule has 0 spiro atoms. The Morgan fingerprint density at radius 1 is 1.20 bits per heavy atom. The van der Waals surface area contributed by atoms with E-state index in [4.69, 9.17) is 5.11 Å². The first-order valence-electron chi connectivity index (χ1n) is 6.99. The van der Waals surface area contributed by atoms with Crippen molar-refractivity contribution in [1.29, 1.82) is 0 Å². The van der Waals surface area contributed by atoms with Crippen LogP contribution in [0.15, 0.2) is 48.9 Å². The van der Waals surface area contributed by atoms with E-state index in [1.165, 1.54) is 5.56 Å². The summed E-state index contributed by atoms with van der Waals surface area (Å²) in [5, 5.41) is 12.6. The fourth-order valence-corrected chi connectivity index (χ4v) is 2.25. The van der Waals surface area contributed by atoms with Gasteiger partial charge in [-0.05, 0) is 25.3 Å². The number of nitrogens with zero attached hydrogens (tertiary/aromatic N) is 2. The zero-order valence-corrected chi connectivity index (χ0v) is 11.7. The van der Waals surface area contributed by atoms with Crippen LogP contribution in [0.4, 0.5) is 0 Å². The summed E-state index contributed by atoms with van der Waals surface area (Å²) in [6, 6.07) is 10.6. The standard InChI is InChI=1S/C16H21N3O/c1-13(16-12-17-9-10-18-16)19-15(8-5-11-20)14-6-3-2-4-7-14/h2-4,6-7,9-10,12-13,15,19-20H,5,8,11H2,1H3. The summed E-state index contributed by atoms with van der Waals surface area (Å²) >= 11 is 0. The highest BCUT2D eigenvalue weighted by molar-refractivity contribution is 5.19. The number of benzene rings is 1. The van der Waals surface area contributed by atoms with Gasteiger partial charge in [0.15, 0.2) is 0 Å². The molecule has 2 rings (SSSR count). The molecule has 2 aromatic rings. The van der Waals surface area contributed by atoms with Crippen LogP contribution in [0.5, 0.6) is 0 Å². The van der Waals surface area contributed by atoms with E-state index in [0.717, 1.165) is 18.5 Å². The predicted octanol–water partition coefficient (Wildman–Crippen LogP) is 2.64. The Labute approximate surface area is 119 Å². The quantitative estimate of drug-likeness (QED) is 0.813. The first-order chi connectivity index (χ1) is 9.81. The average Bonchev–Trinajstić information content (AvgIpc) is 2.53. The third-order valence-electron chi connectivity index (χ3n) is 3.33. The van der Waals surface area contributed by atoms with Gasteiger partial charge in [-0.2, -0.15) is 0 Å². The molecule has 1 aromatic heterocycles. The maximum absolute atomic E-state index is 9.06. The molecule has 1 heterocycles. The van der Waals surface area contributed by atoms with Crippen LogP contribution in [0.1, 0.15) is 43.1 Å². The second-order valence-electron chi connectivity index (χ2n) is 4.85. The number of hydrogen-bond acceptors (Lipinski definition) is 4. The Hall–Kier alpha value is -1.78. The van der Waals surface area contributed by atoms with Gasteiger partial charge in [0.2, 0.25) is 0 Å². The lowest BCUT2D eigenvalue weighted by Crippen LogP contribution is -2.25. The summed E-state index contributed by atoms with van der Waals surface area (Å²) in [6.07, 6.45) is 6.84. The average molecular weight is 271 g/mol. The Bertz CT molecular complexity index is 490. The Kier molecular flexibility index (Phi) is 5.65. The monoisotopic (exact) mass is 271 g/mol. The largest absolute Gasteiger partial charge is 0.396 e. The van der Waals surface area contributed by atoms with Gasteiger partial charge in [-0.15, -0.1) is 0 Å². The number of aliphatic hydroxyl groups excluding tert-OH is 1. The molecule has 106 valence electrons. The molecule has 2 unspecified atom stereocenters. The third kappa shape index (κ3) is 4.11. The molecule has 0 aliphatic rings. The fourth-order valence-electron chi connectivity index (χ4n) is 2.25. The topological polar surface area (TPSA) is 58.0 Å². The van der Waals surface area contributed by atoms with Crippen molar-refractivity contribution in [2.45, 2.75) is 31.8 Å². The highest BCUT2D eigenvalue weighted by atomic mass is 16.2. The van der Waals surface area contributed by atoms with Crippen LogP contribution in [-0.4, -0.2) is 21.7 Å². The molecule has 0 saturated carbocycles. The van der Waals surface area contributed by atoms with Gasteiger partial charge in [-0.25, -0.2) is 0 Å². The van der Waals surface area contributed by atoms with E-state index in [9.17, 15) is 0 Å². The van der Waals surface area contributed by atoms with E-state index in [0.29, 0.717) is 0 Å². The normalized spacial score (nSPS) is 13.9. The Morgan fingerprint density at radius 2 is 2.00 bits per heavy atom. The lowest BCUT2D eigenvalue weighted by molar-refractivity contribution is 0.272. The number of aromatic nitrogens is 2. The van der Waals surface area contributed by atoms with Crippen LogP contribution < -0.4 is 5.32 Å². The molecular formula is C16H21N3O. The van der Waals surface area contributed by atoms with Crippen molar-refractivity contribution in [2.75, 3.05) is 6.61 Å². The minimum Gasteiger partial charge on any atom is -0.396 e. The van der Waals surface area contributed by atoms with Crippen LogP contribution in [0.25, 0.3) is 0 Å². The molecule has 0 radical (unpaired) electrons. The minimum atomic E-state index is 0.118. The maximum atomic E-state index is 9.06. The van der Waals surface area contributed by atoms with E-state index in [1.807, 2.05) is 18.2 Å². The van der Waals surface area contributed by atoms with E-state index >= 15 is 0 Å². The lowest BCUT2D eigenvalue weighted by Gasteiger charge is -2.23. The highest BCUT2D eigenvalue weighted by Gasteiger charge is 2.15. The van der Waals surface area contributed by atoms with Crippen LogP contribution in [0.3, 0.4) is 0 Å². The maximum Gasteiger partial charge on any atom is 0.0753 e. The van der Waals surface area contributed by atoms with Crippen LogP contribution in [0.2, 0.25) is 0 Å². The molecule has 0 saturated heterocycles. The van der Waals surface area contributed by atoms with Gasteiger partial charge in [0, 0.05) is 37.3 Å². The van der Waals surface area contributed by atoms with Crippen LogP contribution >= 0.6 is 0 Å². The van der Waals surface area contributed by atoms with Crippen molar-refractivity contribution in [2.24, 2.45) is 0 Å². The SMILES string of the molecule is CC(NC(CCCO)c1ccccc1)c1cnccn1. The summed E-state index contributed by atoms with van der Waals surface area (Å²) < 4.78 is 0. The number of nitrogens with one attached hydrogen (secondary N) is 1. The van der Waals surface area contributed by atoms with E-state index in [-0.39, 0.29) is 18.7 Å². The van der Waals surface area contributed by atoms with Crippen LogP contribution in [0, 0.1) is 0 Å². The summed E-state index contributed by atoms with van der Waals surface area (Å²) in [5.41, 5.74) is 2.16. The van der Waals surface area contributed by atoms with E-state index in [1.54, 1.807) is 18.6 Å². The minimum absolute atomic E-state index is 0.118. The first-order valence-corrected chi connectivity index (χ1v) is 6.99. The summed E-state index contributed by atoms with van der Waals surface area (Å²) in [5.74, 6) is 0. The van der Waals surface area contributed by atoms with Gasteiger partial charge in [0.05, 0.1) is 5.69 Å². The molecule has 2 N–H and O–H groups in total. The van der Waals surface area contributed by atoms with Gasteiger partial charge in [-0.1, -0.05) is 30.3 Å².